The van der Waals surface area contributed by atoms with Crippen LogP contribution in [0.25, 0.3) is 0 Å². The predicted octanol–water partition coefficient (Wildman–Crippen LogP) is 2.99. The Hall–Kier alpha value is -1.19. The largest absolute Gasteiger partial charge is 0.305 e. The standard InChI is InChI=1S/C12H14N2S/c1-10(12-4-2-3-6-13-12)14-8-11-5-7-15-9-11/h2-7,9-10,14H,8H2,1H3/t10-/m0/s1. The van der Waals surface area contributed by atoms with E-state index in [2.05, 4.69) is 34.1 Å². The molecule has 0 aromatic carbocycles. The zero-order valence-corrected chi connectivity index (χ0v) is 9.50. The third-order valence-electron chi connectivity index (χ3n) is 2.32. The fraction of sp³-hybridized carbons (Fsp3) is 0.250. The number of rotatable bonds is 4. The Morgan fingerprint density at radius 3 is 3.00 bits per heavy atom. The van der Waals surface area contributed by atoms with Crippen molar-refractivity contribution in [1.82, 2.24) is 10.3 Å². The Bertz CT molecular complexity index is 383. The normalized spacial score (nSPS) is 12.6. The zero-order valence-electron chi connectivity index (χ0n) is 8.68. The van der Waals surface area contributed by atoms with Crippen LogP contribution in [0.4, 0.5) is 0 Å². The molecule has 0 radical (unpaired) electrons. The van der Waals surface area contributed by atoms with Gasteiger partial charge >= 0.3 is 0 Å². The smallest absolute Gasteiger partial charge is 0.0570 e. The first kappa shape index (κ1) is 10.3. The van der Waals surface area contributed by atoms with Crippen LogP contribution in [0.2, 0.25) is 0 Å². The second-order valence-corrected chi connectivity index (χ2v) is 4.27. The summed E-state index contributed by atoms with van der Waals surface area (Å²) in [6.45, 7) is 3.04. The van der Waals surface area contributed by atoms with Gasteiger partial charge in [0.05, 0.1) is 5.69 Å². The highest BCUT2D eigenvalue weighted by molar-refractivity contribution is 7.07. The third kappa shape index (κ3) is 2.88. The lowest BCUT2D eigenvalue weighted by atomic mass is 10.2. The van der Waals surface area contributed by atoms with Gasteiger partial charge in [-0.1, -0.05) is 6.07 Å². The minimum Gasteiger partial charge on any atom is -0.305 e. The Labute approximate surface area is 94.0 Å². The molecule has 1 N–H and O–H groups in total. The molecule has 0 aliphatic heterocycles. The van der Waals surface area contributed by atoms with Gasteiger partial charge in [0.2, 0.25) is 0 Å². The summed E-state index contributed by atoms with van der Waals surface area (Å²) in [5.41, 5.74) is 2.43. The zero-order chi connectivity index (χ0) is 10.5. The van der Waals surface area contributed by atoms with Crippen molar-refractivity contribution in [3.63, 3.8) is 0 Å². The molecule has 0 saturated carbocycles. The summed E-state index contributed by atoms with van der Waals surface area (Å²) >= 11 is 1.73. The molecule has 0 fully saturated rings. The molecule has 0 bridgehead atoms. The van der Waals surface area contributed by atoms with Crippen LogP contribution in [-0.4, -0.2) is 4.98 Å². The third-order valence-corrected chi connectivity index (χ3v) is 3.06. The van der Waals surface area contributed by atoms with Crippen LogP contribution >= 0.6 is 11.3 Å². The highest BCUT2D eigenvalue weighted by Crippen LogP contribution is 2.11. The Morgan fingerprint density at radius 1 is 1.40 bits per heavy atom. The van der Waals surface area contributed by atoms with Crippen molar-refractivity contribution in [1.29, 1.82) is 0 Å². The molecule has 1 atom stereocenters. The summed E-state index contributed by atoms with van der Waals surface area (Å²) in [6, 6.07) is 8.44. The van der Waals surface area contributed by atoms with Crippen LogP contribution in [-0.2, 0) is 6.54 Å². The molecule has 0 saturated heterocycles. The van der Waals surface area contributed by atoms with Gasteiger partial charge in [-0.15, -0.1) is 0 Å². The molecule has 0 spiro atoms. The maximum absolute atomic E-state index is 4.32. The molecular formula is C12H14N2S. The summed E-state index contributed by atoms with van der Waals surface area (Å²) in [4.78, 5) is 4.32. The summed E-state index contributed by atoms with van der Waals surface area (Å²) < 4.78 is 0. The number of hydrogen-bond acceptors (Lipinski definition) is 3. The molecule has 2 nitrogen and oxygen atoms in total. The van der Waals surface area contributed by atoms with E-state index in [0.29, 0.717) is 6.04 Å². The Kier molecular flexibility index (Phi) is 3.48. The van der Waals surface area contributed by atoms with Gasteiger partial charge in [0.15, 0.2) is 0 Å². The number of hydrogen-bond donors (Lipinski definition) is 1. The highest BCUT2D eigenvalue weighted by atomic mass is 32.1. The second-order valence-electron chi connectivity index (χ2n) is 3.49. The van der Waals surface area contributed by atoms with E-state index in [1.165, 1.54) is 5.56 Å². The topological polar surface area (TPSA) is 24.9 Å². The van der Waals surface area contributed by atoms with Gasteiger partial charge in [-0.3, -0.25) is 4.98 Å². The maximum atomic E-state index is 4.32. The van der Waals surface area contributed by atoms with E-state index in [-0.39, 0.29) is 0 Å². The lowest BCUT2D eigenvalue weighted by Crippen LogP contribution is -2.18. The summed E-state index contributed by atoms with van der Waals surface area (Å²) in [5, 5.41) is 7.71. The molecule has 0 aliphatic rings. The second kappa shape index (κ2) is 5.05. The van der Waals surface area contributed by atoms with Crippen molar-refractivity contribution in [3.05, 3.63) is 52.5 Å². The molecule has 2 aromatic heterocycles. The van der Waals surface area contributed by atoms with E-state index in [9.17, 15) is 0 Å². The molecule has 78 valence electrons. The van der Waals surface area contributed by atoms with Crippen LogP contribution in [0.15, 0.2) is 41.2 Å². The van der Waals surface area contributed by atoms with Crippen molar-refractivity contribution in [2.45, 2.75) is 19.5 Å². The SMILES string of the molecule is C[C@H](NCc1ccsc1)c1ccccn1. The van der Waals surface area contributed by atoms with E-state index in [4.69, 9.17) is 0 Å². The molecular weight excluding hydrogens is 204 g/mol. The van der Waals surface area contributed by atoms with Crippen LogP contribution in [0.5, 0.6) is 0 Å². The first-order valence-corrected chi connectivity index (χ1v) is 5.96. The maximum Gasteiger partial charge on any atom is 0.0570 e. The molecule has 0 amide bonds. The van der Waals surface area contributed by atoms with Crippen LogP contribution in [0.3, 0.4) is 0 Å². The van der Waals surface area contributed by atoms with Gasteiger partial charge in [-0.05, 0) is 41.4 Å². The van der Waals surface area contributed by atoms with E-state index in [0.717, 1.165) is 12.2 Å². The van der Waals surface area contributed by atoms with Gasteiger partial charge in [0, 0.05) is 18.8 Å². The van der Waals surface area contributed by atoms with E-state index in [1.54, 1.807) is 11.3 Å². The quantitative estimate of drug-likeness (QED) is 0.853. The number of thiophene rings is 1. The lowest BCUT2D eigenvalue weighted by Gasteiger charge is -2.12. The average Bonchev–Trinajstić information content (AvgIpc) is 2.80. The van der Waals surface area contributed by atoms with E-state index >= 15 is 0 Å². The Morgan fingerprint density at radius 2 is 2.33 bits per heavy atom. The van der Waals surface area contributed by atoms with Crippen molar-refractivity contribution in [2.75, 3.05) is 0 Å². The molecule has 2 aromatic rings. The highest BCUT2D eigenvalue weighted by Gasteiger charge is 2.04. The monoisotopic (exact) mass is 218 g/mol. The summed E-state index contributed by atoms with van der Waals surface area (Å²) in [7, 11) is 0. The van der Waals surface area contributed by atoms with Gasteiger partial charge < -0.3 is 5.32 Å². The van der Waals surface area contributed by atoms with Crippen LogP contribution < -0.4 is 5.32 Å². The average molecular weight is 218 g/mol. The molecule has 2 rings (SSSR count). The summed E-state index contributed by atoms with van der Waals surface area (Å²) in [6.07, 6.45) is 1.83. The minimum atomic E-state index is 0.297. The lowest BCUT2D eigenvalue weighted by molar-refractivity contribution is 0.562. The van der Waals surface area contributed by atoms with E-state index in [1.807, 2.05) is 24.4 Å². The van der Waals surface area contributed by atoms with Gasteiger partial charge in [0.25, 0.3) is 0 Å². The van der Waals surface area contributed by atoms with Crippen molar-refractivity contribution in [2.24, 2.45) is 0 Å². The predicted molar refractivity (Wildman–Crippen MR) is 63.8 cm³/mol. The molecule has 2 heterocycles. The van der Waals surface area contributed by atoms with Crippen molar-refractivity contribution < 1.29 is 0 Å². The molecule has 15 heavy (non-hydrogen) atoms. The summed E-state index contributed by atoms with van der Waals surface area (Å²) in [5.74, 6) is 0. The number of nitrogens with zero attached hydrogens (tertiary/aromatic N) is 1. The Balaban J connectivity index is 1.90. The fourth-order valence-corrected chi connectivity index (χ4v) is 2.07. The molecule has 0 aliphatic carbocycles. The van der Waals surface area contributed by atoms with Gasteiger partial charge in [0.1, 0.15) is 0 Å². The number of nitrogens with one attached hydrogen (secondary N) is 1. The van der Waals surface area contributed by atoms with Crippen molar-refractivity contribution >= 4 is 11.3 Å². The fourth-order valence-electron chi connectivity index (χ4n) is 1.40. The van der Waals surface area contributed by atoms with Crippen molar-refractivity contribution in [3.8, 4) is 0 Å². The van der Waals surface area contributed by atoms with Gasteiger partial charge in [-0.25, -0.2) is 0 Å². The molecule has 3 heteroatoms. The van der Waals surface area contributed by atoms with Crippen LogP contribution in [0, 0.1) is 0 Å². The first-order chi connectivity index (χ1) is 7.36. The molecule has 0 unspecified atom stereocenters. The number of pyridine rings is 1. The minimum absolute atomic E-state index is 0.297. The first-order valence-electron chi connectivity index (χ1n) is 5.01. The van der Waals surface area contributed by atoms with E-state index < -0.39 is 0 Å². The van der Waals surface area contributed by atoms with Gasteiger partial charge in [-0.2, -0.15) is 11.3 Å². The number of aromatic nitrogens is 1. The van der Waals surface area contributed by atoms with Crippen LogP contribution in [0.1, 0.15) is 24.2 Å².